The van der Waals surface area contributed by atoms with E-state index in [2.05, 4.69) is 4.98 Å². The van der Waals surface area contributed by atoms with E-state index in [1.807, 2.05) is 31.2 Å². The van der Waals surface area contributed by atoms with Crippen molar-refractivity contribution in [2.75, 3.05) is 34.7 Å². The Morgan fingerprint density at radius 3 is 2.23 bits per heavy atom. The summed E-state index contributed by atoms with van der Waals surface area (Å²) in [4.78, 5) is 30.7. The van der Waals surface area contributed by atoms with Crippen LogP contribution in [0.3, 0.4) is 0 Å². The van der Waals surface area contributed by atoms with Gasteiger partial charge in [0, 0.05) is 29.3 Å². The van der Waals surface area contributed by atoms with Crippen LogP contribution >= 0.6 is 0 Å². The van der Waals surface area contributed by atoms with Crippen molar-refractivity contribution in [1.82, 2.24) is 4.98 Å². The van der Waals surface area contributed by atoms with Crippen LogP contribution in [0.4, 0.5) is 0 Å². The first-order valence-corrected chi connectivity index (χ1v) is 12.5. The second kappa shape index (κ2) is 9.68. The van der Waals surface area contributed by atoms with E-state index in [0.717, 1.165) is 16.8 Å². The average Bonchev–Trinajstić information content (AvgIpc) is 3.57. The molecule has 10 nitrogen and oxygen atoms in total. The molecule has 0 amide bonds. The molecule has 2 aromatic carbocycles. The van der Waals surface area contributed by atoms with Crippen molar-refractivity contribution in [1.29, 1.82) is 0 Å². The number of nitrogens with zero attached hydrogens (tertiary/aromatic N) is 1. The largest absolute Gasteiger partial charge is 0.493 e. The molecule has 0 radical (unpaired) electrons. The first-order chi connectivity index (χ1) is 18.9. The van der Waals surface area contributed by atoms with Gasteiger partial charge in [-0.25, -0.2) is 4.79 Å². The number of benzene rings is 2. The minimum absolute atomic E-state index is 0.0709. The molecule has 1 fully saturated rings. The molecule has 6 rings (SSSR count). The number of methoxy groups -OCH3 is 3. The minimum Gasteiger partial charge on any atom is -0.493 e. The van der Waals surface area contributed by atoms with Gasteiger partial charge in [-0.05, 0) is 54.4 Å². The molecule has 3 heterocycles. The Hall–Kier alpha value is -4.47. The van der Waals surface area contributed by atoms with Crippen LogP contribution in [0.25, 0.3) is 0 Å². The van der Waals surface area contributed by atoms with Gasteiger partial charge in [0.2, 0.25) is 12.5 Å². The second-order valence-electron chi connectivity index (χ2n) is 9.60. The molecule has 0 saturated carbocycles. The normalized spacial score (nSPS) is 22.4. The predicted molar refractivity (Wildman–Crippen MR) is 136 cm³/mol. The highest BCUT2D eigenvalue weighted by Crippen LogP contribution is 2.56. The lowest BCUT2D eigenvalue weighted by Gasteiger charge is -2.38. The maximum atomic E-state index is 13.3. The third kappa shape index (κ3) is 4.07. The number of hydrogen-bond acceptors (Lipinski definition) is 10. The Morgan fingerprint density at radius 2 is 1.62 bits per heavy atom. The number of fused-ring (bicyclic) bond motifs is 3. The zero-order valence-electron chi connectivity index (χ0n) is 21.9. The van der Waals surface area contributed by atoms with E-state index in [9.17, 15) is 9.59 Å². The monoisotopic (exact) mass is 533 g/mol. The van der Waals surface area contributed by atoms with Gasteiger partial charge in [-0.1, -0.05) is 0 Å². The zero-order valence-corrected chi connectivity index (χ0v) is 21.9. The van der Waals surface area contributed by atoms with Gasteiger partial charge >= 0.3 is 11.9 Å². The van der Waals surface area contributed by atoms with Gasteiger partial charge in [0.15, 0.2) is 23.0 Å². The summed E-state index contributed by atoms with van der Waals surface area (Å²) in [6.45, 7) is 2.01. The number of esters is 2. The third-order valence-electron chi connectivity index (χ3n) is 7.55. The molecule has 1 aliphatic carbocycles. The van der Waals surface area contributed by atoms with Crippen LogP contribution in [-0.4, -0.2) is 51.7 Å². The zero-order chi connectivity index (χ0) is 27.3. The van der Waals surface area contributed by atoms with Gasteiger partial charge in [-0.2, -0.15) is 0 Å². The van der Waals surface area contributed by atoms with Crippen molar-refractivity contribution < 1.29 is 42.7 Å². The summed E-state index contributed by atoms with van der Waals surface area (Å²) in [5.74, 6) is -0.0429. The molecule has 0 N–H and O–H groups in total. The van der Waals surface area contributed by atoms with Crippen LogP contribution in [0.15, 0.2) is 42.6 Å². The maximum Gasteiger partial charge on any atom is 0.340 e. The highest BCUT2D eigenvalue weighted by molar-refractivity contribution is 5.89. The smallest absolute Gasteiger partial charge is 0.340 e. The molecule has 3 aliphatic rings. The standard InChI is InChI=1S/C29H27NO9/c1-14-5-6-15(11-30-14)28(31)39-26-18-10-21-20(37-13-38-21)9-17(18)24(25-19(26)12-36-29(25)32)16-7-22(33-2)27(35-4)23(8-16)34-3/h5-11,19,24-26H,12-13H2,1-4H3/t19-,24+,25-,26-/m0/s1. The molecule has 0 spiro atoms. The number of rotatable bonds is 6. The number of carbonyl (C=O) groups excluding carboxylic acids is 2. The number of aryl methyl sites for hydroxylation is 1. The van der Waals surface area contributed by atoms with E-state index in [1.54, 1.807) is 12.1 Å². The first kappa shape index (κ1) is 24.8. The number of pyridine rings is 1. The Morgan fingerprint density at radius 1 is 0.923 bits per heavy atom. The van der Waals surface area contributed by atoms with Crippen molar-refractivity contribution in [3.05, 3.63) is 70.5 Å². The molecule has 0 unspecified atom stereocenters. The lowest BCUT2D eigenvalue weighted by atomic mass is 9.66. The molecule has 2 aliphatic heterocycles. The van der Waals surface area contributed by atoms with Gasteiger partial charge in [0.25, 0.3) is 0 Å². The van der Waals surface area contributed by atoms with E-state index in [-0.39, 0.29) is 19.4 Å². The average molecular weight is 534 g/mol. The Labute approximate surface area is 224 Å². The fraction of sp³-hybridized carbons (Fsp3) is 0.345. The number of hydrogen-bond donors (Lipinski definition) is 0. The molecule has 39 heavy (non-hydrogen) atoms. The van der Waals surface area contributed by atoms with E-state index in [1.165, 1.54) is 27.5 Å². The summed E-state index contributed by atoms with van der Waals surface area (Å²) in [6, 6.07) is 10.7. The fourth-order valence-corrected chi connectivity index (χ4v) is 5.72. The molecule has 0 bridgehead atoms. The van der Waals surface area contributed by atoms with Crippen LogP contribution in [-0.2, 0) is 14.3 Å². The van der Waals surface area contributed by atoms with E-state index in [4.69, 9.17) is 33.2 Å². The van der Waals surface area contributed by atoms with Crippen molar-refractivity contribution in [3.8, 4) is 28.7 Å². The predicted octanol–water partition coefficient (Wildman–Crippen LogP) is 3.98. The van der Waals surface area contributed by atoms with Crippen molar-refractivity contribution >= 4 is 11.9 Å². The number of ether oxygens (including phenoxy) is 7. The Kier molecular flexibility index (Phi) is 6.17. The number of aromatic nitrogens is 1. The Bertz CT molecular complexity index is 1430. The van der Waals surface area contributed by atoms with E-state index in [0.29, 0.717) is 39.9 Å². The fourth-order valence-electron chi connectivity index (χ4n) is 5.72. The lowest BCUT2D eigenvalue weighted by Crippen LogP contribution is -2.36. The topological polar surface area (TPSA) is 112 Å². The van der Waals surface area contributed by atoms with Gasteiger partial charge in [-0.3, -0.25) is 9.78 Å². The molecular weight excluding hydrogens is 506 g/mol. The molecule has 3 aromatic rings. The van der Waals surface area contributed by atoms with Crippen molar-refractivity contribution in [2.45, 2.75) is 18.9 Å². The van der Waals surface area contributed by atoms with Gasteiger partial charge in [-0.15, -0.1) is 0 Å². The SMILES string of the molecule is COc1cc([C@@H]2c3cc4c(cc3[C@H](OC(=O)c3ccc(C)nc3)[C@H]3COC(=O)[C@H]23)OCO4)cc(OC)c1OC. The molecule has 202 valence electrons. The molecular formula is C29H27NO9. The third-order valence-corrected chi connectivity index (χ3v) is 7.55. The van der Waals surface area contributed by atoms with Gasteiger partial charge < -0.3 is 33.2 Å². The second-order valence-corrected chi connectivity index (χ2v) is 9.60. The van der Waals surface area contributed by atoms with Crippen LogP contribution in [0.5, 0.6) is 28.7 Å². The molecule has 1 saturated heterocycles. The summed E-state index contributed by atoms with van der Waals surface area (Å²) in [7, 11) is 4.61. The molecule has 10 heteroatoms. The van der Waals surface area contributed by atoms with E-state index >= 15 is 0 Å². The summed E-state index contributed by atoms with van der Waals surface area (Å²) in [5, 5.41) is 0. The highest BCUT2D eigenvalue weighted by atomic mass is 16.7. The van der Waals surface area contributed by atoms with Gasteiger partial charge in [0.05, 0.1) is 39.4 Å². The Balaban J connectivity index is 1.51. The number of cyclic esters (lactones) is 1. The molecule has 1 aromatic heterocycles. The van der Waals surface area contributed by atoms with Crippen LogP contribution < -0.4 is 23.7 Å². The van der Waals surface area contributed by atoms with Crippen LogP contribution in [0, 0.1) is 18.8 Å². The van der Waals surface area contributed by atoms with Crippen molar-refractivity contribution in [2.24, 2.45) is 11.8 Å². The minimum atomic E-state index is -0.766. The van der Waals surface area contributed by atoms with Crippen LogP contribution in [0.2, 0.25) is 0 Å². The highest BCUT2D eigenvalue weighted by Gasteiger charge is 2.54. The maximum absolute atomic E-state index is 13.3. The van der Waals surface area contributed by atoms with E-state index < -0.39 is 29.8 Å². The summed E-state index contributed by atoms with van der Waals surface area (Å²) in [6.07, 6.45) is 0.714. The quantitative estimate of drug-likeness (QED) is 0.432. The lowest BCUT2D eigenvalue weighted by molar-refractivity contribution is -0.141. The summed E-state index contributed by atoms with van der Waals surface area (Å²) < 4.78 is 39.7. The molecule has 4 atom stereocenters. The van der Waals surface area contributed by atoms with Crippen LogP contribution in [0.1, 0.15) is 44.8 Å². The van der Waals surface area contributed by atoms with Gasteiger partial charge in [0.1, 0.15) is 6.10 Å². The summed E-state index contributed by atoms with van der Waals surface area (Å²) >= 11 is 0. The first-order valence-electron chi connectivity index (χ1n) is 12.5. The summed E-state index contributed by atoms with van der Waals surface area (Å²) in [5.41, 5.74) is 3.33. The number of carbonyl (C=O) groups is 2. The van der Waals surface area contributed by atoms with Crippen molar-refractivity contribution in [3.63, 3.8) is 0 Å².